The van der Waals surface area contributed by atoms with Crippen LogP contribution in [0.4, 0.5) is 10.1 Å². The molecule has 4 heteroatoms. The SMILES string of the molecule is CCOC(CNc1c(C)cccc1F)OCC. The molecule has 1 rings (SSSR count). The summed E-state index contributed by atoms with van der Waals surface area (Å²) in [5.41, 5.74) is 1.38. The third-order valence-corrected chi connectivity index (χ3v) is 2.37. The number of hydrogen-bond acceptors (Lipinski definition) is 3. The van der Waals surface area contributed by atoms with E-state index in [0.29, 0.717) is 25.4 Å². The molecule has 0 aliphatic rings. The van der Waals surface area contributed by atoms with Crippen LogP contribution in [0.2, 0.25) is 0 Å². The van der Waals surface area contributed by atoms with Gasteiger partial charge in [-0.2, -0.15) is 0 Å². The van der Waals surface area contributed by atoms with E-state index in [-0.39, 0.29) is 12.1 Å². The number of para-hydroxylation sites is 1. The molecule has 0 fully saturated rings. The van der Waals surface area contributed by atoms with Crippen LogP contribution in [0.5, 0.6) is 0 Å². The fourth-order valence-corrected chi connectivity index (χ4v) is 1.58. The Labute approximate surface area is 102 Å². The number of ether oxygens (including phenoxy) is 2. The largest absolute Gasteiger partial charge is 0.377 e. The van der Waals surface area contributed by atoms with E-state index < -0.39 is 0 Å². The van der Waals surface area contributed by atoms with Crippen LogP contribution in [-0.4, -0.2) is 26.0 Å². The minimum Gasteiger partial charge on any atom is -0.377 e. The van der Waals surface area contributed by atoms with Crippen molar-refractivity contribution in [1.82, 2.24) is 0 Å². The molecular formula is C13H20FNO2. The van der Waals surface area contributed by atoms with Crippen molar-refractivity contribution in [3.05, 3.63) is 29.6 Å². The third-order valence-electron chi connectivity index (χ3n) is 2.37. The van der Waals surface area contributed by atoms with Crippen LogP contribution >= 0.6 is 0 Å². The van der Waals surface area contributed by atoms with E-state index in [2.05, 4.69) is 5.32 Å². The topological polar surface area (TPSA) is 30.5 Å². The molecule has 3 nitrogen and oxygen atoms in total. The summed E-state index contributed by atoms with van der Waals surface area (Å²) in [6.07, 6.45) is -0.344. The molecule has 0 aliphatic carbocycles. The number of hydrogen-bond donors (Lipinski definition) is 1. The second-order valence-electron chi connectivity index (χ2n) is 3.65. The van der Waals surface area contributed by atoms with Gasteiger partial charge in [0, 0.05) is 13.2 Å². The van der Waals surface area contributed by atoms with Crippen LogP contribution in [0.15, 0.2) is 18.2 Å². The third kappa shape index (κ3) is 4.32. The highest BCUT2D eigenvalue weighted by Gasteiger charge is 2.10. The maximum atomic E-state index is 13.5. The number of anilines is 1. The second-order valence-corrected chi connectivity index (χ2v) is 3.65. The van der Waals surface area contributed by atoms with E-state index in [1.807, 2.05) is 26.8 Å². The monoisotopic (exact) mass is 241 g/mol. The predicted molar refractivity (Wildman–Crippen MR) is 66.7 cm³/mol. The molecule has 17 heavy (non-hydrogen) atoms. The minimum absolute atomic E-state index is 0.253. The average Bonchev–Trinajstić information content (AvgIpc) is 2.29. The van der Waals surface area contributed by atoms with Gasteiger partial charge in [-0.1, -0.05) is 12.1 Å². The van der Waals surface area contributed by atoms with Gasteiger partial charge in [0.25, 0.3) is 0 Å². The van der Waals surface area contributed by atoms with E-state index >= 15 is 0 Å². The van der Waals surface area contributed by atoms with E-state index in [0.717, 1.165) is 5.56 Å². The Bertz CT molecular complexity index is 318. The number of benzene rings is 1. The first-order chi connectivity index (χ1) is 8.19. The van der Waals surface area contributed by atoms with Crippen molar-refractivity contribution >= 4 is 5.69 Å². The Morgan fingerprint density at radius 3 is 2.41 bits per heavy atom. The van der Waals surface area contributed by atoms with E-state index in [1.165, 1.54) is 6.07 Å². The number of rotatable bonds is 7. The molecule has 0 heterocycles. The van der Waals surface area contributed by atoms with Gasteiger partial charge < -0.3 is 14.8 Å². The zero-order valence-electron chi connectivity index (χ0n) is 10.6. The molecule has 0 aliphatic heterocycles. The highest BCUT2D eigenvalue weighted by molar-refractivity contribution is 5.51. The highest BCUT2D eigenvalue weighted by Crippen LogP contribution is 2.18. The molecule has 1 aromatic rings. The Kier molecular flexibility index (Phi) is 5.94. The lowest BCUT2D eigenvalue weighted by Crippen LogP contribution is -2.27. The molecule has 1 N–H and O–H groups in total. The van der Waals surface area contributed by atoms with Crippen molar-refractivity contribution in [1.29, 1.82) is 0 Å². The second kappa shape index (κ2) is 7.25. The number of aryl methyl sites for hydroxylation is 1. The standard InChI is InChI=1S/C13H20FNO2/c1-4-16-12(17-5-2)9-15-13-10(3)7-6-8-11(13)14/h6-8,12,15H,4-5,9H2,1-3H3. The van der Waals surface area contributed by atoms with Crippen molar-refractivity contribution < 1.29 is 13.9 Å². The first kappa shape index (κ1) is 13.9. The molecule has 0 saturated heterocycles. The number of nitrogens with one attached hydrogen (secondary N) is 1. The maximum absolute atomic E-state index is 13.5. The summed E-state index contributed by atoms with van der Waals surface area (Å²) in [7, 11) is 0. The van der Waals surface area contributed by atoms with Gasteiger partial charge in [-0.3, -0.25) is 0 Å². The van der Waals surface area contributed by atoms with Crippen molar-refractivity contribution in [2.75, 3.05) is 25.1 Å². The zero-order valence-corrected chi connectivity index (χ0v) is 10.6. The van der Waals surface area contributed by atoms with Gasteiger partial charge in [0.1, 0.15) is 5.82 Å². The van der Waals surface area contributed by atoms with Gasteiger partial charge in [-0.15, -0.1) is 0 Å². The molecule has 0 atom stereocenters. The molecule has 0 unspecified atom stereocenters. The van der Waals surface area contributed by atoms with Gasteiger partial charge in [0.15, 0.2) is 6.29 Å². The molecule has 0 saturated carbocycles. The Morgan fingerprint density at radius 1 is 1.24 bits per heavy atom. The van der Waals surface area contributed by atoms with E-state index in [1.54, 1.807) is 6.07 Å². The van der Waals surface area contributed by atoms with Crippen molar-refractivity contribution in [2.45, 2.75) is 27.1 Å². The van der Waals surface area contributed by atoms with Crippen molar-refractivity contribution in [2.24, 2.45) is 0 Å². The van der Waals surface area contributed by atoms with E-state index in [9.17, 15) is 4.39 Å². The predicted octanol–water partition coefficient (Wildman–Crippen LogP) is 2.95. The van der Waals surface area contributed by atoms with E-state index in [4.69, 9.17) is 9.47 Å². The van der Waals surface area contributed by atoms with Gasteiger partial charge in [0.05, 0.1) is 12.2 Å². The van der Waals surface area contributed by atoms with Gasteiger partial charge in [-0.25, -0.2) is 4.39 Å². The van der Waals surface area contributed by atoms with Crippen LogP contribution in [0.1, 0.15) is 19.4 Å². The lowest BCUT2D eigenvalue weighted by atomic mass is 10.2. The Hall–Kier alpha value is -1.13. The molecule has 0 amide bonds. The summed E-state index contributed by atoms with van der Waals surface area (Å²) < 4.78 is 24.3. The molecule has 0 radical (unpaired) electrons. The van der Waals surface area contributed by atoms with Crippen LogP contribution in [0, 0.1) is 12.7 Å². The molecule has 1 aromatic carbocycles. The number of halogens is 1. The lowest BCUT2D eigenvalue weighted by Gasteiger charge is -2.19. The fraction of sp³-hybridized carbons (Fsp3) is 0.538. The molecule has 0 aromatic heterocycles. The lowest BCUT2D eigenvalue weighted by molar-refractivity contribution is -0.126. The quantitative estimate of drug-likeness (QED) is 0.744. The normalized spacial score (nSPS) is 10.9. The summed E-state index contributed by atoms with van der Waals surface area (Å²) in [6, 6.07) is 4.99. The van der Waals surface area contributed by atoms with Gasteiger partial charge in [-0.05, 0) is 32.4 Å². The molecular weight excluding hydrogens is 221 g/mol. The van der Waals surface area contributed by atoms with Crippen LogP contribution in [0.25, 0.3) is 0 Å². The zero-order chi connectivity index (χ0) is 12.7. The van der Waals surface area contributed by atoms with Gasteiger partial charge in [0.2, 0.25) is 0 Å². The maximum Gasteiger partial charge on any atom is 0.174 e. The molecule has 0 bridgehead atoms. The smallest absolute Gasteiger partial charge is 0.174 e. The van der Waals surface area contributed by atoms with Crippen LogP contribution < -0.4 is 5.32 Å². The summed E-state index contributed by atoms with van der Waals surface area (Å²) in [5, 5.41) is 3.03. The summed E-state index contributed by atoms with van der Waals surface area (Å²) >= 11 is 0. The Balaban J connectivity index is 2.58. The summed E-state index contributed by atoms with van der Waals surface area (Å²) in [5.74, 6) is -0.253. The highest BCUT2D eigenvalue weighted by atomic mass is 19.1. The average molecular weight is 241 g/mol. The Morgan fingerprint density at radius 2 is 1.88 bits per heavy atom. The van der Waals surface area contributed by atoms with Crippen LogP contribution in [0.3, 0.4) is 0 Å². The molecule has 96 valence electrons. The van der Waals surface area contributed by atoms with Gasteiger partial charge >= 0.3 is 0 Å². The molecule has 0 spiro atoms. The summed E-state index contributed by atoms with van der Waals surface area (Å²) in [4.78, 5) is 0. The minimum atomic E-state index is -0.344. The first-order valence-electron chi connectivity index (χ1n) is 5.91. The summed E-state index contributed by atoms with van der Waals surface area (Å²) in [6.45, 7) is 7.25. The van der Waals surface area contributed by atoms with Crippen LogP contribution in [-0.2, 0) is 9.47 Å². The fourth-order valence-electron chi connectivity index (χ4n) is 1.58. The first-order valence-corrected chi connectivity index (χ1v) is 5.91. The van der Waals surface area contributed by atoms with Crippen molar-refractivity contribution in [3.8, 4) is 0 Å². The van der Waals surface area contributed by atoms with Crippen molar-refractivity contribution in [3.63, 3.8) is 0 Å².